The maximum atomic E-state index is 13.1. The Labute approximate surface area is 135 Å². The van der Waals surface area contributed by atoms with Gasteiger partial charge < -0.3 is 10.4 Å². The highest BCUT2D eigenvalue weighted by molar-refractivity contribution is 6.09. The van der Waals surface area contributed by atoms with E-state index >= 15 is 0 Å². The third kappa shape index (κ3) is 4.55. The molecule has 0 aromatic carbocycles. The molecule has 0 bridgehead atoms. The number of aliphatic hydroxyl groups is 1. The summed E-state index contributed by atoms with van der Waals surface area (Å²) in [6.07, 6.45) is 2.55. The smallest absolute Gasteiger partial charge is 0.418 e. The van der Waals surface area contributed by atoms with E-state index in [0.29, 0.717) is 6.42 Å². The Balaban J connectivity index is 2.38. The minimum absolute atomic E-state index is 0.0170. The molecule has 0 saturated carbocycles. The van der Waals surface area contributed by atoms with Gasteiger partial charge in [-0.1, -0.05) is 6.08 Å². The first-order chi connectivity index (χ1) is 11.3. The van der Waals surface area contributed by atoms with Crippen molar-refractivity contribution in [3.63, 3.8) is 0 Å². The number of aromatic nitrogens is 1. The molecule has 0 saturated heterocycles. The van der Waals surface area contributed by atoms with E-state index in [9.17, 15) is 18.0 Å². The molecule has 2 N–H and O–H groups in total. The molecule has 126 valence electrons. The zero-order chi connectivity index (χ0) is 17.7. The van der Waals surface area contributed by atoms with Gasteiger partial charge in [-0.05, 0) is 37.6 Å². The largest absolute Gasteiger partial charge is 0.512 e. The van der Waals surface area contributed by atoms with Gasteiger partial charge in [0.2, 0.25) is 0 Å². The summed E-state index contributed by atoms with van der Waals surface area (Å²) in [7, 11) is 0. The van der Waals surface area contributed by atoms with Gasteiger partial charge >= 0.3 is 6.18 Å². The normalized spacial score (nSPS) is 15.4. The van der Waals surface area contributed by atoms with Gasteiger partial charge in [-0.25, -0.2) is 4.99 Å². The van der Waals surface area contributed by atoms with Crippen molar-refractivity contribution in [3.8, 4) is 0 Å². The number of halogens is 3. The molecule has 2 heterocycles. The summed E-state index contributed by atoms with van der Waals surface area (Å²) in [6, 6.07) is 2.12. The van der Waals surface area contributed by atoms with Crippen LogP contribution in [0.4, 0.5) is 13.2 Å². The zero-order valence-electron chi connectivity index (χ0n) is 12.6. The van der Waals surface area contributed by atoms with E-state index in [1.165, 1.54) is 31.3 Å². The minimum atomic E-state index is -4.57. The van der Waals surface area contributed by atoms with Gasteiger partial charge in [0, 0.05) is 12.3 Å². The van der Waals surface area contributed by atoms with Crippen LogP contribution in [0.15, 0.2) is 59.2 Å². The number of carbonyl (C=O) groups is 1. The molecule has 0 radical (unpaired) electrons. The number of rotatable bonds is 3. The maximum Gasteiger partial charge on any atom is 0.418 e. The van der Waals surface area contributed by atoms with Gasteiger partial charge in [-0.3, -0.25) is 9.78 Å². The summed E-state index contributed by atoms with van der Waals surface area (Å²) in [6.45, 7) is 1.32. The number of allylic oxidation sites excluding steroid dienone is 4. The van der Waals surface area contributed by atoms with Crippen LogP contribution in [0.1, 0.15) is 24.6 Å². The number of aliphatic hydroxyl groups excluding tert-OH is 1. The van der Waals surface area contributed by atoms with E-state index in [4.69, 9.17) is 5.11 Å². The van der Waals surface area contributed by atoms with Gasteiger partial charge in [-0.2, -0.15) is 13.2 Å². The zero-order valence-corrected chi connectivity index (χ0v) is 12.6. The molecule has 0 unspecified atom stereocenters. The summed E-state index contributed by atoms with van der Waals surface area (Å²) in [5.74, 6) is -0.757. The quantitative estimate of drug-likeness (QED) is 0.657. The molecule has 0 spiro atoms. The van der Waals surface area contributed by atoms with Gasteiger partial charge in [0.25, 0.3) is 5.91 Å². The second kappa shape index (κ2) is 7.12. The molecule has 1 amide bonds. The van der Waals surface area contributed by atoms with Gasteiger partial charge in [0.15, 0.2) is 0 Å². The highest BCUT2D eigenvalue weighted by atomic mass is 19.4. The van der Waals surface area contributed by atoms with Gasteiger partial charge in [-0.15, -0.1) is 0 Å². The van der Waals surface area contributed by atoms with Crippen molar-refractivity contribution in [1.29, 1.82) is 0 Å². The molecule has 0 aliphatic carbocycles. The monoisotopic (exact) mass is 337 g/mol. The highest BCUT2D eigenvalue weighted by Crippen LogP contribution is 2.31. The Hall–Kier alpha value is -2.90. The van der Waals surface area contributed by atoms with Crippen LogP contribution in [0.3, 0.4) is 0 Å². The predicted octanol–water partition coefficient (Wildman–Crippen LogP) is 3.27. The SMILES string of the molecule is C/C(O)=C\C(=O)NC1=CCC=CC(c2ncccc2C(F)(F)F)=N1. The number of amides is 1. The molecule has 1 aromatic heterocycles. The van der Waals surface area contributed by atoms with Crippen molar-refractivity contribution in [1.82, 2.24) is 10.3 Å². The fraction of sp³-hybridized carbons (Fsp3) is 0.188. The molecular formula is C16H14F3N3O2. The third-order valence-electron chi connectivity index (χ3n) is 2.91. The maximum absolute atomic E-state index is 13.1. The van der Waals surface area contributed by atoms with Crippen molar-refractivity contribution in [3.05, 3.63) is 65.5 Å². The molecule has 24 heavy (non-hydrogen) atoms. The Kier molecular flexibility index (Phi) is 5.18. The average molecular weight is 337 g/mol. The fourth-order valence-corrected chi connectivity index (χ4v) is 1.97. The van der Waals surface area contributed by atoms with E-state index in [1.807, 2.05) is 0 Å². The van der Waals surface area contributed by atoms with Crippen LogP contribution in [-0.4, -0.2) is 21.7 Å². The number of hydrogen-bond donors (Lipinski definition) is 2. The van der Waals surface area contributed by atoms with Crippen LogP contribution in [0.5, 0.6) is 0 Å². The number of pyridine rings is 1. The first-order valence-corrected chi connectivity index (χ1v) is 6.93. The van der Waals surface area contributed by atoms with Gasteiger partial charge in [0.05, 0.1) is 17.0 Å². The Morgan fingerprint density at radius 3 is 2.83 bits per heavy atom. The fourth-order valence-electron chi connectivity index (χ4n) is 1.97. The Bertz CT molecular complexity index is 758. The predicted molar refractivity (Wildman–Crippen MR) is 82.1 cm³/mol. The number of nitrogens with one attached hydrogen (secondary N) is 1. The average Bonchev–Trinajstić information content (AvgIpc) is 2.71. The molecule has 0 atom stereocenters. The third-order valence-corrected chi connectivity index (χ3v) is 2.91. The first-order valence-electron chi connectivity index (χ1n) is 6.93. The number of nitrogens with zero attached hydrogens (tertiary/aromatic N) is 2. The van der Waals surface area contributed by atoms with Crippen LogP contribution >= 0.6 is 0 Å². The van der Waals surface area contributed by atoms with Crippen LogP contribution in [0.25, 0.3) is 0 Å². The van der Waals surface area contributed by atoms with Crippen molar-refractivity contribution < 1.29 is 23.1 Å². The first kappa shape index (κ1) is 17.5. The highest BCUT2D eigenvalue weighted by Gasteiger charge is 2.35. The standard InChI is InChI=1S/C16H14F3N3O2/c1-10(23)9-14(24)22-13-7-3-2-6-12(21-13)15-11(16(17,18)19)5-4-8-20-15/h2,4-9,23H,3H2,1H3,(H,22,24)/b10-9+. The van der Waals surface area contributed by atoms with E-state index in [-0.39, 0.29) is 23.0 Å². The lowest BCUT2D eigenvalue weighted by molar-refractivity contribution is -0.138. The molecule has 0 fully saturated rings. The van der Waals surface area contributed by atoms with Crippen LogP contribution in [-0.2, 0) is 11.0 Å². The number of hydrogen-bond acceptors (Lipinski definition) is 4. The molecule has 2 rings (SSSR count). The minimum Gasteiger partial charge on any atom is -0.512 e. The second-order valence-corrected chi connectivity index (χ2v) is 4.90. The lowest BCUT2D eigenvalue weighted by Gasteiger charge is -2.12. The van der Waals surface area contributed by atoms with E-state index in [0.717, 1.165) is 12.1 Å². The summed E-state index contributed by atoms with van der Waals surface area (Å²) in [5, 5.41) is 11.5. The number of carbonyl (C=O) groups excluding carboxylic acids is 1. The van der Waals surface area contributed by atoms with E-state index in [1.54, 1.807) is 6.08 Å². The molecule has 5 nitrogen and oxygen atoms in total. The van der Waals surface area contributed by atoms with Crippen molar-refractivity contribution in [2.24, 2.45) is 4.99 Å². The van der Waals surface area contributed by atoms with Crippen LogP contribution in [0.2, 0.25) is 0 Å². The molecule has 8 heteroatoms. The number of aliphatic imine (C=N–C) groups is 1. The van der Waals surface area contributed by atoms with Crippen LogP contribution in [0, 0.1) is 0 Å². The summed E-state index contributed by atoms with van der Waals surface area (Å²) < 4.78 is 39.3. The molecule has 1 aromatic rings. The summed E-state index contributed by atoms with van der Waals surface area (Å²) >= 11 is 0. The van der Waals surface area contributed by atoms with Gasteiger partial charge in [0.1, 0.15) is 11.5 Å². The van der Waals surface area contributed by atoms with Crippen LogP contribution < -0.4 is 5.32 Å². The number of alkyl halides is 3. The summed E-state index contributed by atoms with van der Waals surface area (Å²) in [5.41, 5.74) is -1.25. The van der Waals surface area contributed by atoms with Crippen molar-refractivity contribution >= 4 is 11.6 Å². The molecule has 1 aliphatic rings. The van der Waals surface area contributed by atoms with E-state index < -0.39 is 17.6 Å². The Morgan fingerprint density at radius 1 is 1.42 bits per heavy atom. The molecular weight excluding hydrogens is 323 g/mol. The second-order valence-electron chi connectivity index (χ2n) is 4.90. The van der Waals surface area contributed by atoms with Crippen molar-refractivity contribution in [2.75, 3.05) is 0 Å². The summed E-state index contributed by atoms with van der Waals surface area (Å²) in [4.78, 5) is 19.5. The molecule has 1 aliphatic heterocycles. The van der Waals surface area contributed by atoms with Crippen molar-refractivity contribution in [2.45, 2.75) is 19.5 Å². The lowest BCUT2D eigenvalue weighted by Crippen LogP contribution is -2.21. The topological polar surface area (TPSA) is 74.6 Å². The lowest BCUT2D eigenvalue weighted by atomic mass is 10.1. The Morgan fingerprint density at radius 2 is 2.17 bits per heavy atom. The van der Waals surface area contributed by atoms with E-state index in [2.05, 4.69) is 15.3 Å².